The maximum Gasteiger partial charge on any atom is 0.518 e. The molecule has 150 valence electrons. The quantitative estimate of drug-likeness (QED) is 0.427. The fraction of sp³-hybridized carbons (Fsp3) is 0.409. The summed E-state index contributed by atoms with van der Waals surface area (Å²) >= 11 is 0. The highest BCUT2D eigenvalue weighted by atomic mass is 16.7. The van der Waals surface area contributed by atoms with E-state index in [1.54, 1.807) is 43.2 Å². The summed E-state index contributed by atoms with van der Waals surface area (Å²) < 4.78 is 12.5. The molecule has 1 amide bonds. The molecule has 28 heavy (non-hydrogen) atoms. The molecule has 6 nitrogen and oxygen atoms in total. The Kier molecular flexibility index (Phi) is 7.15. The Balaban J connectivity index is 2.12. The average molecular weight is 385 g/mol. The molecule has 6 heteroatoms. The highest BCUT2D eigenvalue weighted by molar-refractivity contribution is 5.93. The summed E-state index contributed by atoms with van der Waals surface area (Å²) in [6.07, 6.45) is 2.59. The third-order valence-corrected chi connectivity index (χ3v) is 4.35. The Labute approximate surface area is 166 Å². The number of rotatable bonds is 6. The molecule has 0 N–H and O–H groups in total. The van der Waals surface area contributed by atoms with Crippen molar-refractivity contribution in [3.05, 3.63) is 59.4 Å². The SMILES string of the molecule is CC(C)c1cccc(C(C)C)c1OC(=O)OC[n+]1cccc(C(=O)N(C)C)c1. The molecule has 0 aliphatic carbocycles. The van der Waals surface area contributed by atoms with Gasteiger partial charge in [0.2, 0.25) is 0 Å². The van der Waals surface area contributed by atoms with E-state index in [1.165, 1.54) is 4.90 Å². The van der Waals surface area contributed by atoms with Crippen LogP contribution in [0.5, 0.6) is 5.75 Å². The number of aromatic nitrogens is 1. The highest BCUT2D eigenvalue weighted by Gasteiger charge is 2.20. The van der Waals surface area contributed by atoms with Gasteiger partial charge in [-0.2, -0.15) is 4.57 Å². The minimum atomic E-state index is -0.771. The summed E-state index contributed by atoms with van der Waals surface area (Å²) in [5, 5.41) is 0. The summed E-state index contributed by atoms with van der Waals surface area (Å²) in [4.78, 5) is 25.9. The smallest absolute Gasteiger partial charge is 0.394 e. The second-order valence-corrected chi connectivity index (χ2v) is 7.51. The molecular formula is C22H29N2O4+. The van der Waals surface area contributed by atoms with Gasteiger partial charge in [0.15, 0.2) is 12.4 Å². The number of hydrogen-bond donors (Lipinski definition) is 0. The number of para-hydroxylation sites is 1. The first-order chi connectivity index (χ1) is 13.2. The zero-order valence-corrected chi connectivity index (χ0v) is 17.4. The van der Waals surface area contributed by atoms with Gasteiger partial charge in [0.1, 0.15) is 11.3 Å². The molecule has 0 aliphatic rings. The van der Waals surface area contributed by atoms with Crippen molar-refractivity contribution >= 4 is 12.1 Å². The van der Waals surface area contributed by atoms with Crippen LogP contribution in [0.3, 0.4) is 0 Å². The van der Waals surface area contributed by atoms with E-state index < -0.39 is 6.16 Å². The number of amides is 1. The summed E-state index contributed by atoms with van der Waals surface area (Å²) in [6.45, 7) is 8.18. The Morgan fingerprint density at radius 1 is 1.00 bits per heavy atom. The van der Waals surface area contributed by atoms with Crippen molar-refractivity contribution in [3.8, 4) is 5.75 Å². The number of pyridine rings is 1. The van der Waals surface area contributed by atoms with Gasteiger partial charge in [0, 0.05) is 20.2 Å². The molecule has 0 atom stereocenters. The van der Waals surface area contributed by atoms with Crippen molar-refractivity contribution < 1.29 is 23.6 Å². The van der Waals surface area contributed by atoms with Crippen LogP contribution in [0.15, 0.2) is 42.7 Å². The zero-order valence-electron chi connectivity index (χ0n) is 17.4. The number of nitrogens with zero attached hydrogens (tertiary/aromatic N) is 2. The van der Waals surface area contributed by atoms with Crippen LogP contribution in [0.1, 0.15) is 61.0 Å². The van der Waals surface area contributed by atoms with Crippen LogP contribution in [0, 0.1) is 0 Å². The number of hydrogen-bond acceptors (Lipinski definition) is 4. The van der Waals surface area contributed by atoms with Crippen LogP contribution in [0.25, 0.3) is 0 Å². The maximum atomic E-state index is 12.3. The predicted octanol–water partition coefficient (Wildman–Crippen LogP) is 4.10. The predicted molar refractivity (Wildman–Crippen MR) is 106 cm³/mol. The molecule has 0 spiro atoms. The standard InChI is InChI=1S/C22H29N2O4/c1-15(2)18-10-7-11-19(16(3)4)20(18)28-22(26)27-14-24-12-8-9-17(13-24)21(25)23(5)6/h7-13,15-16H,14H2,1-6H3/q+1. The lowest BCUT2D eigenvalue weighted by Gasteiger charge is -2.18. The van der Waals surface area contributed by atoms with Crippen molar-refractivity contribution in [3.63, 3.8) is 0 Å². The van der Waals surface area contributed by atoms with E-state index in [4.69, 9.17) is 9.47 Å². The van der Waals surface area contributed by atoms with Gasteiger partial charge in [-0.1, -0.05) is 45.9 Å². The Hall–Kier alpha value is -2.89. The van der Waals surface area contributed by atoms with E-state index in [9.17, 15) is 9.59 Å². The van der Waals surface area contributed by atoms with E-state index in [0.29, 0.717) is 11.3 Å². The van der Waals surface area contributed by atoms with Crippen molar-refractivity contribution in [1.82, 2.24) is 4.90 Å². The van der Waals surface area contributed by atoms with E-state index in [1.807, 2.05) is 18.2 Å². The third kappa shape index (κ3) is 5.31. The molecule has 0 fully saturated rings. The van der Waals surface area contributed by atoms with Gasteiger partial charge in [-0.15, -0.1) is 0 Å². The topological polar surface area (TPSA) is 59.7 Å². The third-order valence-electron chi connectivity index (χ3n) is 4.35. The fourth-order valence-corrected chi connectivity index (χ4v) is 2.83. The second kappa shape index (κ2) is 9.35. The van der Waals surface area contributed by atoms with Crippen LogP contribution in [-0.4, -0.2) is 31.1 Å². The molecule has 1 aromatic heterocycles. The van der Waals surface area contributed by atoms with Gasteiger partial charge in [0.05, 0.1) is 0 Å². The monoisotopic (exact) mass is 385 g/mol. The molecule has 1 aromatic carbocycles. The summed E-state index contributed by atoms with van der Waals surface area (Å²) in [5.74, 6) is 0.873. The van der Waals surface area contributed by atoms with E-state index in [0.717, 1.165) is 11.1 Å². The molecular weight excluding hydrogens is 356 g/mol. The normalized spacial score (nSPS) is 10.9. The van der Waals surface area contributed by atoms with E-state index in [2.05, 4.69) is 27.7 Å². The van der Waals surface area contributed by atoms with Gasteiger partial charge in [0.25, 0.3) is 12.6 Å². The summed E-state index contributed by atoms with van der Waals surface area (Å²) in [5.41, 5.74) is 2.44. The molecule has 0 unspecified atom stereocenters. The Morgan fingerprint density at radius 2 is 1.61 bits per heavy atom. The minimum absolute atomic E-state index is 0.0474. The van der Waals surface area contributed by atoms with Crippen LogP contribution in [0.4, 0.5) is 4.79 Å². The van der Waals surface area contributed by atoms with Gasteiger partial charge in [-0.25, -0.2) is 4.79 Å². The molecule has 2 rings (SSSR count). The van der Waals surface area contributed by atoms with Gasteiger partial charge in [-0.3, -0.25) is 4.79 Å². The first-order valence-corrected chi connectivity index (χ1v) is 9.38. The lowest BCUT2D eigenvalue weighted by Crippen LogP contribution is -2.37. The van der Waals surface area contributed by atoms with Gasteiger partial charge < -0.3 is 14.4 Å². The largest absolute Gasteiger partial charge is 0.518 e. The minimum Gasteiger partial charge on any atom is -0.394 e. The van der Waals surface area contributed by atoms with E-state index in [-0.39, 0.29) is 24.5 Å². The maximum absolute atomic E-state index is 12.3. The lowest BCUT2D eigenvalue weighted by molar-refractivity contribution is -0.727. The van der Waals surface area contributed by atoms with Crippen LogP contribution in [-0.2, 0) is 11.5 Å². The highest BCUT2D eigenvalue weighted by Crippen LogP contribution is 2.34. The first-order valence-electron chi connectivity index (χ1n) is 9.38. The molecule has 2 aromatic rings. The van der Waals surface area contributed by atoms with Crippen molar-refractivity contribution in [2.75, 3.05) is 14.1 Å². The van der Waals surface area contributed by atoms with Crippen molar-refractivity contribution in [1.29, 1.82) is 0 Å². The number of carbonyl (C=O) groups is 2. The average Bonchev–Trinajstić information content (AvgIpc) is 2.65. The van der Waals surface area contributed by atoms with Crippen molar-refractivity contribution in [2.45, 2.75) is 46.3 Å². The van der Waals surface area contributed by atoms with Crippen LogP contribution < -0.4 is 9.30 Å². The molecule has 1 heterocycles. The lowest BCUT2D eigenvalue weighted by atomic mass is 9.94. The Morgan fingerprint density at radius 3 is 2.14 bits per heavy atom. The number of benzene rings is 1. The molecule has 0 radical (unpaired) electrons. The summed E-state index contributed by atoms with van der Waals surface area (Å²) in [7, 11) is 3.37. The van der Waals surface area contributed by atoms with Crippen LogP contribution >= 0.6 is 0 Å². The number of carbonyl (C=O) groups excluding carboxylic acids is 2. The van der Waals surface area contributed by atoms with Crippen molar-refractivity contribution in [2.24, 2.45) is 0 Å². The van der Waals surface area contributed by atoms with Gasteiger partial charge in [-0.05, 0) is 29.0 Å². The fourth-order valence-electron chi connectivity index (χ4n) is 2.83. The zero-order chi connectivity index (χ0) is 20.8. The van der Waals surface area contributed by atoms with Crippen LogP contribution in [0.2, 0.25) is 0 Å². The van der Waals surface area contributed by atoms with E-state index >= 15 is 0 Å². The molecule has 0 aliphatic heterocycles. The molecule has 0 bridgehead atoms. The number of ether oxygens (including phenoxy) is 2. The molecule has 0 saturated heterocycles. The van der Waals surface area contributed by atoms with Gasteiger partial charge >= 0.3 is 6.16 Å². The first kappa shape index (κ1) is 21.4. The summed E-state index contributed by atoms with van der Waals surface area (Å²) in [6, 6.07) is 9.35. The Bertz CT molecular complexity index is 818. The molecule has 0 saturated carbocycles. The second-order valence-electron chi connectivity index (χ2n) is 7.51.